The Hall–Kier alpha value is -2.52. The third-order valence-corrected chi connectivity index (χ3v) is 4.41. The van der Waals surface area contributed by atoms with Crippen LogP contribution in [0.2, 0.25) is 0 Å². The van der Waals surface area contributed by atoms with Gasteiger partial charge in [-0.3, -0.25) is 14.5 Å². The molecule has 9 heteroatoms. The summed E-state index contributed by atoms with van der Waals surface area (Å²) >= 11 is 0. The van der Waals surface area contributed by atoms with Gasteiger partial charge in [0.15, 0.2) is 11.6 Å². The second-order valence-corrected chi connectivity index (χ2v) is 6.21. The van der Waals surface area contributed by atoms with Gasteiger partial charge in [-0.1, -0.05) is 0 Å². The molecule has 2 aliphatic heterocycles. The molecule has 0 saturated carbocycles. The highest BCUT2D eigenvalue weighted by Crippen LogP contribution is 2.30. The summed E-state index contributed by atoms with van der Waals surface area (Å²) in [6.07, 6.45) is 1.43. The van der Waals surface area contributed by atoms with Crippen LogP contribution < -0.4 is 10.2 Å². The van der Waals surface area contributed by atoms with Crippen LogP contribution in [0.4, 0.5) is 20.2 Å². The molecule has 2 heterocycles. The van der Waals surface area contributed by atoms with Gasteiger partial charge in [0.1, 0.15) is 11.4 Å². The van der Waals surface area contributed by atoms with Gasteiger partial charge in [0.2, 0.25) is 0 Å². The molecule has 140 valence electrons. The van der Waals surface area contributed by atoms with Crippen molar-refractivity contribution >= 4 is 23.2 Å². The third-order valence-electron chi connectivity index (χ3n) is 4.41. The summed E-state index contributed by atoms with van der Waals surface area (Å²) in [6, 6.07) is 2.10. The largest absolute Gasteiger partial charge is 0.395 e. The van der Waals surface area contributed by atoms with Gasteiger partial charge in [0, 0.05) is 24.9 Å². The minimum atomic E-state index is -0.798. The number of carbonyl (C=O) groups excluding carboxylic acids is 2. The summed E-state index contributed by atoms with van der Waals surface area (Å²) in [5.74, 6) is -2.86. The fourth-order valence-electron chi connectivity index (χ4n) is 3.09. The summed E-state index contributed by atoms with van der Waals surface area (Å²) < 4.78 is 28.9. The van der Waals surface area contributed by atoms with Gasteiger partial charge in [-0.25, -0.2) is 8.78 Å². The predicted octanol–water partition coefficient (Wildman–Crippen LogP) is 0.583. The SMILES string of the molecule is O=C1C=C(Nc2cc(F)c(N3CCC(O)CC3)c(F)c2)C(=O)N1CCO. The smallest absolute Gasteiger partial charge is 0.277 e. The molecule has 3 N–H and O–H groups in total. The molecule has 0 aliphatic carbocycles. The van der Waals surface area contributed by atoms with Gasteiger partial charge in [0.05, 0.1) is 19.3 Å². The van der Waals surface area contributed by atoms with E-state index in [0.29, 0.717) is 25.9 Å². The minimum Gasteiger partial charge on any atom is -0.395 e. The number of aliphatic hydroxyl groups is 2. The first kappa shape index (κ1) is 18.3. The standard InChI is InChI=1S/C17H19F2N3O4/c18-12-7-10(20-14-9-15(25)22(5-6-23)17(14)26)8-13(19)16(12)21-3-1-11(24)2-4-21/h7-9,11,20,23-24H,1-6H2. The molecule has 2 amide bonds. The van der Waals surface area contributed by atoms with Gasteiger partial charge >= 0.3 is 0 Å². The molecule has 2 aliphatic rings. The number of anilines is 2. The minimum absolute atomic E-state index is 0.000886. The Morgan fingerprint density at radius 2 is 1.77 bits per heavy atom. The van der Waals surface area contributed by atoms with E-state index in [9.17, 15) is 23.5 Å². The molecular formula is C17H19F2N3O4. The zero-order chi connectivity index (χ0) is 18.8. The van der Waals surface area contributed by atoms with Crippen LogP contribution in [0.15, 0.2) is 23.9 Å². The highest BCUT2D eigenvalue weighted by atomic mass is 19.1. The van der Waals surface area contributed by atoms with Crippen molar-refractivity contribution < 1.29 is 28.6 Å². The monoisotopic (exact) mass is 367 g/mol. The van der Waals surface area contributed by atoms with Crippen LogP contribution in [0.3, 0.4) is 0 Å². The number of amides is 2. The van der Waals surface area contributed by atoms with E-state index in [2.05, 4.69) is 5.32 Å². The number of halogens is 2. The van der Waals surface area contributed by atoms with Gasteiger partial charge in [-0.05, 0) is 25.0 Å². The highest BCUT2D eigenvalue weighted by molar-refractivity contribution is 6.17. The fraction of sp³-hybridized carbons (Fsp3) is 0.412. The maximum atomic E-state index is 14.4. The number of carbonyl (C=O) groups is 2. The van der Waals surface area contributed by atoms with Crippen molar-refractivity contribution in [1.29, 1.82) is 0 Å². The fourth-order valence-corrected chi connectivity index (χ4v) is 3.09. The van der Waals surface area contributed by atoms with Gasteiger partial charge in [0.25, 0.3) is 11.8 Å². The van der Waals surface area contributed by atoms with Gasteiger partial charge in [-0.2, -0.15) is 0 Å². The molecule has 3 rings (SSSR count). The Kier molecular flexibility index (Phi) is 5.19. The highest BCUT2D eigenvalue weighted by Gasteiger charge is 2.31. The van der Waals surface area contributed by atoms with E-state index in [-0.39, 0.29) is 30.2 Å². The molecule has 0 spiro atoms. The van der Waals surface area contributed by atoms with Crippen molar-refractivity contribution in [3.63, 3.8) is 0 Å². The lowest BCUT2D eigenvalue weighted by atomic mass is 10.1. The van der Waals surface area contributed by atoms with E-state index in [0.717, 1.165) is 23.1 Å². The zero-order valence-corrected chi connectivity index (χ0v) is 13.9. The van der Waals surface area contributed by atoms with Gasteiger partial charge in [-0.15, -0.1) is 0 Å². The quantitative estimate of drug-likeness (QED) is 0.660. The zero-order valence-electron chi connectivity index (χ0n) is 13.9. The molecule has 0 unspecified atom stereocenters. The lowest BCUT2D eigenvalue weighted by Crippen LogP contribution is -2.37. The number of β-amino-alcohol motifs (C(OH)–C–C–N with tert-alkyl or cyclic N) is 1. The van der Waals surface area contributed by atoms with Crippen LogP contribution in [0, 0.1) is 11.6 Å². The summed E-state index contributed by atoms with van der Waals surface area (Å²) in [5, 5.41) is 20.9. The second kappa shape index (κ2) is 7.38. The number of rotatable bonds is 5. The van der Waals surface area contributed by atoms with Crippen LogP contribution >= 0.6 is 0 Å². The van der Waals surface area contributed by atoms with E-state index < -0.39 is 29.6 Å². The number of aliphatic hydroxyl groups excluding tert-OH is 2. The first-order valence-corrected chi connectivity index (χ1v) is 8.28. The average Bonchev–Trinajstić information content (AvgIpc) is 2.84. The van der Waals surface area contributed by atoms with E-state index >= 15 is 0 Å². The number of piperidine rings is 1. The number of nitrogens with one attached hydrogen (secondary N) is 1. The van der Waals surface area contributed by atoms with E-state index in [1.54, 1.807) is 0 Å². The molecule has 1 aromatic rings. The van der Waals surface area contributed by atoms with Crippen molar-refractivity contribution in [2.24, 2.45) is 0 Å². The van der Waals surface area contributed by atoms with Crippen LogP contribution in [0.5, 0.6) is 0 Å². The van der Waals surface area contributed by atoms with E-state index in [1.807, 2.05) is 0 Å². The van der Waals surface area contributed by atoms with E-state index in [4.69, 9.17) is 5.11 Å². The number of imide groups is 1. The first-order valence-electron chi connectivity index (χ1n) is 8.28. The van der Waals surface area contributed by atoms with Crippen LogP contribution in [-0.4, -0.2) is 59.3 Å². The van der Waals surface area contributed by atoms with Crippen LogP contribution in [-0.2, 0) is 9.59 Å². The van der Waals surface area contributed by atoms with Crippen molar-refractivity contribution in [2.45, 2.75) is 18.9 Å². The predicted molar refractivity (Wildman–Crippen MR) is 89.3 cm³/mol. The number of benzene rings is 1. The molecular weight excluding hydrogens is 348 g/mol. The second-order valence-electron chi connectivity index (χ2n) is 6.21. The maximum Gasteiger partial charge on any atom is 0.277 e. The molecule has 1 fully saturated rings. The van der Waals surface area contributed by atoms with Crippen molar-refractivity contribution in [1.82, 2.24) is 4.90 Å². The summed E-state index contributed by atoms with van der Waals surface area (Å²) in [7, 11) is 0. The Morgan fingerprint density at radius 3 is 2.35 bits per heavy atom. The topological polar surface area (TPSA) is 93.1 Å². The third kappa shape index (κ3) is 3.54. The summed E-state index contributed by atoms with van der Waals surface area (Å²) in [4.78, 5) is 26.1. The molecule has 0 radical (unpaired) electrons. The van der Waals surface area contributed by atoms with Crippen molar-refractivity contribution in [2.75, 3.05) is 36.5 Å². The molecule has 0 aromatic heterocycles. The lowest BCUT2D eigenvalue weighted by molar-refractivity contribution is -0.137. The maximum absolute atomic E-state index is 14.4. The molecule has 26 heavy (non-hydrogen) atoms. The number of hydrogen-bond acceptors (Lipinski definition) is 6. The Bertz CT molecular complexity index is 737. The van der Waals surface area contributed by atoms with Crippen molar-refractivity contribution in [3.8, 4) is 0 Å². The molecule has 0 bridgehead atoms. The Labute approximate surface area is 148 Å². The van der Waals surface area contributed by atoms with Crippen molar-refractivity contribution in [3.05, 3.63) is 35.5 Å². The average molecular weight is 367 g/mol. The molecule has 1 aromatic carbocycles. The van der Waals surface area contributed by atoms with Gasteiger partial charge < -0.3 is 20.4 Å². The summed E-state index contributed by atoms with van der Waals surface area (Å²) in [5.41, 5.74) is -0.290. The molecule has 1 saturated heterocycles. The number of hydrogen-bond donors (Lipinski definition) is 3. The Balaban J connectivity index is 1.77. The van der Waals surface area contributed by atoms with Crippen LogP contribution in [0.25, 0.3) is 0 Å². The van der Waals surface area contributed by atoms with E-state index in [1.165, 1.54) is 4.90 Å². The Morgan fingerprint density at radius 1 is 1.15 bits per heavy atom. The first-order chi connectivity index (χ1) is 12.4. The summed E-state index contributed by atoms with van der Waals surface area (Å²) in [6.45, 7) is 0.162. The number of nitrogens with zero attached hydrogens (tertiary/aromatic N) is 2. The normalized spacial score (nSPS) is 18.5. The molecule has 7 nitrogen and oxygen atoms in total. The van der Waals surface area contributed by atoms with Crippen LogP contribution in [0.1, 0.15) is 12.8 Å². The lowest BCUT2D eigenvalue weighted by Gasteiger charge is -2.32. The molecule has 0 atom stereocenters.